The molecule has 2 aliphatic rings. The van der Waals surface area contributed by atoms with Crippen molar-refractivity contribution < 1.29 is 9.90 Å². The summed E-state index contributed by atoms with van der Waals surface area (Å²) in [5.41, 5.74) is 1.19. The second-order valence-electron chi connectivity index (χ2n) is 7.63. The van der Waals surface area contributed by atoms with Gasteiger partial charge in [0.05, 0.1) is 6.10 Å². The second kappa shape index (κ2) is 7.20. The molecular weight excluding hydrogens is 312 g/mol. The summed E-state index contributed by atoms with van der Waals surface area (Å²) in [6, 6.07) is 10.7. The van der Waals surface area contributed by atoms with Crippen molar-refractivity contribution in [3.8, 4) is 0 Å². The normalized spacial score (nSPS) is 27.1. The molecule has 2 aromatic rings. The SMILES string of the molecule is O=C(CCn1ccc2ccccc21)N1CCC[C@@H]1[C@H]1CCCC[C@H]1O. The zero-order valence-electron chi connectivity index (χ0n) is 14.8. The minimum absolute atomic E-state index is 0.222. The number of hydrogen-bond acceptors (Lipinski definition) is 2. The number of aliphatic hydroxyl groups is 1. The van der Waals surface area contributed by atoms with Crippen LogP contribution in [0.25, 0.3) is 10.9 Å². The molecule has 1 saturated carbocycles. The molecule has 2 heterocycles. The van der Waals surface area contributed by atoms with E-state index in [1.54, 1.807) is 0 Å². The number of carbonyl (C=O) groups excluding carboxylic acids is 1. The Morgan fingerprint density at radius 1 is 1.08 bits per heavy atom. The summed E-state index contributed by atoms with van der Waals surface area (Å²) in [6.07, 6.45) is 8.81. The molecular formula is C21H28N2O2. The Morgan fingerprint density at radius 3 is 2.80 bits per heavy atom. The van der Waals surface area contributed by atoms with Gasteiger partial charge in [-0.1, -0.05) is 31.0 Å². The average molecular weight is 340 g/mol. The van der Waals surface area contributed by atoms with Crippen molar-refractivity contribution in [3.05, 3.63) is 36.5 Å². The van der Waals surface area contributed by atoms with E-state index in [1.165, 1.54) is 17.3 Å². The monoisotopic (exact) mass is 340 g/mol. The molecule has 1 amide bonds. The molecule has 1 saturated heterocycles. The van der Waals surface area contributed by atoms with Gasteiger partial charge in [0, 0.05) is 43.2 Å². The molecule has 1 aromatic heterocycles. The Labute approximate surface area is 149 Å². The van der Waals surface area contributed by atoms with Gasteiger partial charge in [-0.3, -0.25) is 4.79 Å². The van der Waals surface area contributed by atoms with Crippen molar-refractivity contribution in [1.82, 2.24) is 9.47 Å². The third-order valence-corrected chi connectivity index (χ3v) is 6.14. The largest absolute Gasteiger partial charge is 0.393 e. The number of likely N-dealkylation sites (tertiary alicyclic amines) is 1. The number of aromatic nitrogens is 1. The summed E-state index contributed by atoms with van der Waals surface area (Å²) in [6.45, 7) is 1.59. The number of fused-ring (bicyclic) bond motifs is 1. The number of aryl methyl sites for hydroxylation is 1. The average Bonchev–Trinajstić information content (AvgIpc) is 3.27. The van der Waals surface area contributed by atoms with Gasteiger partial charge in [0.15, 0.2) is 0 Å². The molecule has 4 rings (SSSR count). The minimum atomic E-state index is -0.222. The zero-order chi connectivity index (χ0) is 17.2. The van der Waals surface area contributed by atoms with E-state index in [1.807, 2.05) is 12.1 Å². The highest BCUT2D eigenvalue weighted by atomic mass is 16.3. The van der Waals surface area contributed by atoms with E-state index < -0.39 is 0 Å². The fraction of sp³-hybridized carbons (Fsp3) is 0.571. The fourth-order valence-electron chi connectivity index (χ4n) is 4.83. The maximum atomic E-state index is 12.9. The molecule has 0 spiro atoms. The molecule has 0 radical (unpaired) electrons. The second-order valence-corrected chi connectivity index (χ2v) is 7.63. The van der Waals surface area contributed by atoms with E-state index in [-0.39, 0.29) is 24.0 Å². The summed E-state index contributed by atoms with van der Waals surface area (Å²) in [5, 5.41) is 11.6. The lowest BCUT2D eigenvalue weighted by Gasteiger charge is -2.37. The van der Waals surface area contributed by atoms with Crippen LogP contribution >= 0.6 is 0 Å². The lowest BCUT2D eigenvalue weighted by atomic mass is 9.80. The number of aliphatic hydroxyl groups excluding tert-OH is 1. The highest BCUT2D eigenvalue weighted by Gasteiger charge is 2.38. The lowest BCUT2D eigenvalue weighted by Crippen LogP contribution is -2.45. The van der Waals surface area contributed by atoms with Gasteiger partial charge < -0.3 is 14.6 Å². The van der Waals surface area contributed by atoms with Crippen LogP contribution in [-0.4, -0.2) is 39.2 Å². The number of benzene rings is 1. The van der Waals surface area contributed by atoms with Crippen molar-refractivity contribution in [2.75, 3.05) is 6.54 Å². The van der Waals surface area contributed by atoms with Crippen LogP contribution in [-0.2, 0) is 11.3 Å². The molecule has 2 fully saturated rings. The van der Waals surface area contributed by atoms with Crippen LogP contribution < -0.4 is 0 Å². The number of nitrogens with zero attached hydrogens (tertiary/aromatic N) is 2. The Bertz CT molecular complexity index is 738. The summed E-state index contributed by atoms with van der Waals surface area (Å²) < 4.78 is 2.17. The topological polar surface area (TPSA) is 45.5 Å². The summed E-state index contributed by atoms with van der Waals surface area (Å²) in [7, 11) is 0. The smallest absolute Gasteiger partial charge is 0.224 e. The molecule has 1 aliphatic carbocycles. The molecule has 25 heavy (non-hydrogen) atoms. The van der Waals surface area contributed by atoms with E-state index in [0.717, 1.165) is 45.2 Å². The van der Waals surface area contributed by atoms with Gasteiger partial charge in [0.1, 0.15) is 0 Å². The fourth-order valence-corrected chi connectivity index (χ4v) is 4.83. The van der Waals surface area contributed by atoms with Gasteiger partial charge >= 0.3 is 0 Å². The van der Waals surface area contributed by atoms with Gasteiger partial charge in [-0.2, -0.15) is 0 Å². The van der Waals surface area contributed by atoms with E-state index in [4.69, 9.17) is 0 Å². The zero-order valence-corrected chi connectivity index (χ0v) is 14.8. The van der Waals surface area contributed by atoms with Crippen LogP contribution in [0.4, 0.5) is 0 Å². The Kier molecular flexibility index (Phi) is 4.80. The van der Waals surface area contributed by atoms with Gasteiger partial charge in [0.2, 0.25) is 5.91 Å². The van der Waals surface area contributed by atoms with Crippen LogP contribution in [0.5, 0.6) is 0 Å². The van der Waals surface area contributed by atoms with Crippen LogP contribution in [0, 0.1) is 5.92 Å². The molecule has 134 valence electrons. The van der Waals surface area contributed by atoms with Crippen molar-refractivity contribution >= 4 is 16.8 Å². The highest BCUT2D eigenvalue weighted by molar-refractivity contribution is 5.80. The van der Waals surface area contributed by atoms with E-state index >= 15 is 0 Å². The van der Waals surface area contributed by atoms with Crippen LogP contribution in [0.15, 0.2) is 36.5 Å². The van der Waals surface area contributed by atoms with Gasteiger partial charge in [-0.15, -0.1) is 0 Å². The van der Waals surface area contributed by atoms with Crippen LogP contribution in [0.1, 0.15) is 44.9 Å². The lowest BCUT2D eigenvalue weighted by molar-refractivity contribution is -0.134. The predicted octanol–water partition coefficient (Wildman–Crippen LogP) is 3.57. The Morgan fingerprint density at radius 2 is 1.92 bits per heavy atom. The summed E-state index contributed by atoms with van der Waals surface area (Å²) >= 11 is 0. The quantitative estimate of drug-likeness (QED) is 0.925. The van der Waals surface area contributed by atoms with Crippen molar-refractivity contribution in [2.24, 2.45) is 5.92 Å². The molecule has 4 heteroatoms. The third kappa shape index (κ3) is 3.32. The van der Waals surface area contributed by atoms with Gasteiger partial charge in [-0.25, -0.2) is 0 Å². The van der Waals surface area contributed by atoms with E-state index in [0.29, 0.717) is 6.42 Å². The van der Waals surface area contributed by atoms with Crippen molar-refractivity contribution in [3.63, 3.8) is 0 Å². The number of carbonyl (C=O) groups is 1. The molecule has 4 nitrogen and oxygen atoms in total. The van der Waals surface area contributed by atoms with Gasteiger partial charge in [-0.05, 0) is 43.2 Å². The number of para-hydroxylation sites is 1. The third-order valence-electron chi connectivity index (χ3n) is 6.14. The van der Waals surface area contributed by atoms with E-state index in [2.05, 4.69) is 33.9 Å². The molecule has 3 atom stereocenters. The predicted molar refractivity (Wildman–Crippen MR) is 99.3 cm³/mol. The Hall–Kier alpha value is -1.81. The molecule has 0 bridgehead atoms. The summed E-state index contributed by atoms with van der Waals surface area (Å²) in [4.78, 5) is 14.9. The highest BCUT2D eigenvalue weighted by Crippen LogP contribution is 2.35. The first kappa shape index (κ1) is 16.6. The number of hydrogen-bond donors (Lipinski definition) is 1. The summed E-state index contributed by atoms with van der Waals surface area (Å²) in [5.74, 6) is 0.533. The van der Waals surface area contributed by atoms with Crippen LogP contribution in [0.3, 0.4) is 0 Å². The molecule has 0 unspecified atom stereocenters. The molecule has 1 N–H and O–H groups in total. The number of amides is 1. The molecule has 1 aromatic carbocycles. The van der Waals surface area contributed by atoms with E-state index in [9.17, 15) is 9.90 Å². The first-order chi connectivity index (χ1) is 12.2. The standard InChI is InChI=1S/C21H28N2O2/c24-20-10-4-2-7-17(20)19-9-5-13-23(19)21(25)12-15-22-14-11-16-6-1-3-8-18(16)22/h1,3,6,8,11,14,17,19-20,24H,2,4-5,7,9-10,12-13,15H2/t17-,19-,20-/m1/s1. The van der Waals surface area contributed by atoms with Crippen molar-refractivity contribution in [1.29, 1.82) is 0 Å². The maximum Gasteiger partial charge on any atom is 0.224 e. The number of rotatable bonds is 4. The molecule has 1 aliphatic heterocycles. The first-order valence-corrected chi connectivity index (χ1v) is 9.75. The first-order valence-electron chi connectivity index (χ1n) is 9.75. The Balaban J connectivity index is 1.41. The maximum absolute atomic E-state index is 12.9. The van der Waals surface area contributed by atoms with Gasteiger partial charge in [0.25, 0.3) is 0 Å². The van der Waals surface area contributed by atoms with Crippen LogP contribution in [0.2, 0.25) is 0 Å². The van der Waals surface area contributed by atoms with Crippen molar-refractivity contribution in [2.45, 2.75) is 63.6 Å². The minimum Gasteiger partial charge on any atom is -0.393 e.